The molecular weight excluding hydrogens is 623 g/mol. The molecule has 5 heterocycles. The summed E-state index contributed by atoms with van der Waals surface area (Å²) >= 11 is 0. The number of likely N-dealkylation sites (tertiary alicyclic amines) is 1. The Morgan fingerprint density at radius 3 is 2.59 bits per heavy atom. The van der Waals surface area contributed by atoms with Gasteiger partial charge in [0.25, 0.3) is 5.91 Å². The number of pyridine rings is 1. The van der Waals surface area contributed by atoms with Crippen LogP contribution in [0.2, 0.25) is 0 Å². The van der Waals surface area contributed by atoms with Gasteiger partial charge in [-0.3, -0.25) is 19.6 Å². The number of nitrogens with zero attached hydrogens (tertiary/aromatic N) is 7. The van der Waals surface area contributed by atoms with E-state index < -0.39 is 5.82 Å². The fourth-order valence-corrected chi connectivity index (χ4v) is 8.15. The third-order valence-electron chi connectivity index (χ3n) is 10.5. The number of benzene rings is 1. The number of aromatic nitrogens is 3. The molecule has 7 rings (SSSR count). The van der Waals surface area contributed by atoms with Gasteiger partial charge in [0, 0.05) is 86.7 Å². The van der Waals surface area contributed by atoms with Gasteiger partial charge in [0.15, 0.2) is 11.6 Å². The molecule has 2 N–H and O–H groups in total. The standard InChI is InChI=1S/C37H49FN8O3/c1-5-46(25(2)3)35(47)28-15-26(38)7-8-31(28)49-33-18-40-24-42-34(33)45-22-37(23-45)16-27(17-37)48-32-9-11-41-30-10-14-43(19-29(30)32)12-6-13-44-20-36(4,39)21-44/h7-9,11,15,18,24-25,27H,5-6,10,12-14,16-17,19-23,39H2,1-4H3. The monoisotopic (exact) mass is 672 g/mol. The summed E-state index contributed by atoms with van der Waals surface area (Å²) < 4.78 is 27.2. The fraction of sp³-hybridized carbons (Fsp3) is 0.568. The second kappa shape index (κ2) is 13.4. The molecule has 2 saturated heterocycles. The van der Waals surface area contributed by atoms with Crippen LogP contribution in [0, 0.1) is 11.2 Å². The minimum absolute atomic E-state index is 0.0183. The van der Waals surface area contributed by atoms with E-state index in [9.17, 15) is 9.18 Å². The van der Waals surface area contributed by atoms with Crippen LogP contribution in [0.4, 0.5) is 10.2 Å². The van der Waals surface area contributed by atoms with Crippen molar-refractivity contribution in [3.05, 3.63) is 65.6 Å². The van der Waals surface area contributed by atoms with E-state index in [4.69, 9.17) is 20.2 Å². The van der Waals surface area contributed by atoms with Gasteiger partial charge in [-0.25, -0.2) is 14.4 Å². The summed E-state index contributed by atoms with van der Waals surface area (Å²) in [4.78, 5) is 35.6. The number of carbonyl (C=O) groups excluding carboxylic acids is 1. The van der Waals surface area contributed by atoms with Crippen LogP contribution in [0.1, 0.15) is 68.6 Å². The lowest BCUT2D eigenvalue weighted by Crippen LogP contribution is -2.65. The molecule has 262 valence electrons. The number of amides is 1. The molecule has 1 aliphatic carbocycles. The minimum atomic E-state index is -0.492. The largest absolute Gasteiger partial charge is 0.490 e. The molecule has 0 radical (unpaired) electrons. The lowest BCUT2D eigenvalue weighted by atomic mass is 9.61. The van der Waals surface area contributed by atoms with Crippen LogP contribution in [-0.4, -0.2) is 106 Å². The summed E-state index contributed by atoms with van der Waals surface area (Å²) in [7, 11) is 0. The molecule has 0 unspecified atom stereocenters. The van der Waals surface area contributed by atoms with Gasteiger partial charge in [-0.15, -0.1) is 0 Å². The molecule has 11 nitrogen and oxygen atoms in total. The molecule has 1 spiro atoms. The van der Waals surface area contributed by atoms with E-state index in [1.807, 2.05) is 33.0 Å². The number of carbonyl (C=O) groups is 1. The van der Waals surface area contributed by atoms with Crippen LogP contribution in [-0.2, 0) is 13.0 Å². The Kier molecular flexibility index (Phi) is 9.23. The maximum Gasteiger partial charge on any atom is 0.257 e. The van der Waals surface area contributed by atoms with Crippen molar-refractivity contribution < 1.29 is 18.7 Å². The molecule has 49 heavy (non-hydrogen) atoms. The van der Waals surface area contributed by atoms with E-state index in [-0.39, 0.29) is 40.3 Å². The highest BCUT2D eigenvalue weighted by Gasteiger charge is 2.54. The number of hydrogen-bond donors (Lipinski definition) is 1. The average Bonchev–Trinajstić information content (AvgIpc) is 3.02. The first-order valence-electron chi connectivity index (χ1n) is 17.7. The Bertz CT molecular complexity index is 1660. The molecule has 3 fully saturated rings. The summed E-state index contributed by atoms with van der Waals surface area (Å²) in [6.45, 7) is 16.1. The fourth-order valence-electron chi connectivity index (χ4n) is 8.15. The maximum atomic E-state index is 14.3. The quantitative estimate of drug-likeness (QED) is 0.295. The molecule has 2 aromatic heterocycles. The van der Waals surface area contributed by atoms with Gasteiger partial charge in [0.1, 0.15) is 29.7 Å². The highest BCUT2D eigenvalue weighted by molar-refractivity contribution is 5.97. The molecule has 12 heteroatoms. The van der Waals surface area contributed by atoms with Crippen molar-refractivity contribution in [1.29, 1.82) is 0 Å². The second-order valence-corrected chi connectivity index (χ2v) is 15.1. The SMILES string of the molecule is CCN(C(=O)c1cc(F)ccc1Oc1cncnc1N1CC2(CC(Oc3ccnc4c3CN(CCCN3CC(C)(N)C3)CC4)C2)C1)C(C)C. The second-order valence-electron chi connectivity index (χ2n) is 15.1. The van der Waals surface area contributed by atoms with E-state index in [1.54, 1.807) is 11.1 Å². The third kappa shape index (κ3) is 7.09. The van der Waals surface area contributed by atoms with E-state index in [0.717, 1.165) is 89.5 Å². The normalized spacial score (nSPS) is 19.9. The lowest BCUT2D eigenvalue weighted by molar-refractivity contribution is -0.0353. The van der Waals surface area contributed by atoms with Crippen LogP contribution < -0.4 is 20.1 Å². The van der Waals surface area contributed by atoms with Gasteiger partial charge in [0.2, 0.25) is 0 Å². The van der Waals surface area contributed by atoms with Crippen LogP contribution in [0.5, 0.6) is 17.2 Å². The first-order valence-corrected chi connectivity index (χ1v) is 17.7. The Balaban J connectivity index is 0.945. The number of hydrogen-bond acceptors (Lipinski definition) is 10. The van der Waals surface area contributed by atoms with Crippen molar-refractivity contribution in [1.82, 2.24) is 29.7 Å². The molecule has 0 atom stereocenters. The van der Waals surface area contributed by atoms with Gasteiger partial charge < -0.3 is 25.0 Å². The summed E-state index contributed by atoms with van der Waals surface area (Å²) in [5, 5.41) is 0. The van der Waals surface area contributed by atoms with Crippen molar-refractivity contribution in [2.75, 3.05) is 57.3 Å². The number of rotatable bonds is 12. The molecule has 4 aliphatic rings. The zero-order valence-corrected chi connectivity index (χ0v) is 29.2. The first kappa shape index (κ1) is 33.6. The summed E-state index contributed by atoms with van der Waals surface area (Å²) in [5.41, 5.74) is 8.90. The highest BCUT2D eigenvalue weighted by Crippen LogP contribution is 2.52. The van der Waals surface area contributed by atoms with Gasteiger partial charge in [0.05, 0.1) is 11.8 Å². The van der Waals surface area contributed by atoms with Crippen molar-refractivity contribution in [3.63, 3.8) is 0 Å². The minimum Gasteiger partial charge on any atom is -0.490 e. The van der Waals surface area contributed by atoms with Crippen molar-refractivity contribution in [3.8, 4) is 17.2 Å². The van der Waals surface area contributed by atoms with Gasteiger partial charge in [-0.1, -0.05) is 0 Å². The Hall–Kier alpha value is -3.87. The maximum absolute atomic E-state index is 14.3. The van der Waals surface area contributed by atoms with Gasteiger partial charge in [-0.2, -0.15) is 0 Å². The molecule has 0 bridgehead atoms. The van der Waals surface area contributed by atoms with E-state index in [2.05, 4.69) is 31.6 Å². The number of fused-ring (bicyclic) bond motifs is 1. The zero-order chi connectivity index (χ0) is 34.3. The Morgan fingerprint density at radius 1 is 1.08 bits per heavy atom. The van der Waals surface area contributed by atoms with Crippen LogP contribution in [0.15, 0.2) is 43.0 Å². The van der Waals surface area contributed by atoms with Crippen molar-refractivity contribution in [2.24, 2.45) is 11.1 Å². The smallest absolute Gasteiger partial charge is 0.257 e. The predicted molar refractivity (Wildman–Crippen MR) is 186 cm³/mol. The number of halogens is 1. The number of nitrogens with two attached hydrogens (primary N) is 1. The summed E-state index contributed by atoms with van der Waals surface area (Å²) in [6.07, 6.45) is 9.20. The van der Waals surface area contributed by atoms with Crippen molar-refractivity contribution in [2.45, 2.75) is 77.6 Å². The lowest BCUT2D eigenvalue weighted by Gasteiger charge is -2.59. The van der Waals surface area contributed by atoms with E-state index in [1.165, 1.54) is 30.1 Å². The number of anilines is 1. The molecule has 3 aliphatic heterocycles. The summed E-state index contributed by atoms with van der Waals surface area (Å²) in [6, 6.07) is 6.03. The van der Waals surface area contributed by atoms with E-state index >= 15 is 0 Å². The topological polar surface area (TPSA) is 113 Å². The molecule has 1 aromatic carbocycles. The molecule has 3 aromatic rings. The zero-order valence-electron chi connectivity index (χ0n) is 29.2. The summed E-state index contributed by atoms with van der Waals surface area (Å²) in [5.74, 6) is 1.59. The van der Waals surface area contributed by atoms with Gasteiger partial charge >= 0.3 is 0 Å². The van der Waals surface area contributed by atoms with Gasteiger partial charge in [-0.05, 0) is 84.3 Å². The van der Waals surface area contributed by atoms with Crippen LogP contribution >= 0.6 is 0 Å². The molecular formula is C37H49FN8O3. The molecule has 1 saturated carbocycles. The Labute approximate surface area is 288 Å². The predicted octanol–water partition coefficient (Wildman–Crippen LogP) is 4.50. The van der Waals surface area contributed by atoms with Crippen molar-refractivity contribution >= 4 is 11.7 Å². The van der Waals surface area contributed by atoms with Crippen LogP contribution in [0.3, 0.4) is 0 Å². The number of ether oxygens (including phenoxy) is 2. The first-order chi connectivity index (χ1) is 23.5. The highest BCUT2D eigenvalue weighted by atomic mass is 19.1. The Morgan fingerprint density at radius 2 is 1.86 bits per heavy atom. The third-order valence-corrected chi connectivity index (χ3v) is 10.5. The van der Waals surface area contributed by atoms with Crippen LogP contribution in [0.25, 0.3) is 0 Å². The molecule has 1 amide bonds. The van der Waals surface area contributed by atoms with E-state index in [0.29, 0.717) is 18.1 Å². The average molecular weight is 673 g/mol.